The third kappa shape index (κ3) is 4.04. The fourth-order valence-corrected chi connectivity index (χ4v) is 3.74. The van der Waals surface area contributed by atoms with Gasteiger partial charge in [0.05, 0.1) is 0 Å². The Bertz CT molecular complexity index is 757. The third-order valence-corrected chi connectivity index (χ3v) is 5.30. The van der Waals surface area contributed by atoms with Gasteiger partial charge < -0.3 is 10.2 Å². The number of aryl methyl sites for hydroxylation is 1. The van der Waals surface area contributed by atoms with Crippen molar-refractivity contribution in [2.45, 2.75) is 45.4 Å². The number of carbonyl (C=O) groups is 2. The summed E-state index contributed by atoms with van der Waals surface area (Å²) in [7, 11) is 0. The summed E-state index contributed by atoms with van der Waals surface area (Å²) < 4.78 is 0. The molecule has 0 spiro atoms. The van der Waals surface area contributed by atoms with E-state index >= 15 is 0 Å². The highest BCUT2D eigenvalue weighted by Gasteiger charge is 2.33. The molecule has 1 aliphatic heterocycles. The Morgan fingerprint density at radius 1 is 1.28 bits per heavy atom. The van der Waals surface area contributed by atoms with Crippen molar-refractivity contribution in [3.63, 3.8) is 0 Å². The second-order valence-corrected chi connectivity index (χ2v) is 7.18. The molecule has 1 saturated heterocycles. The lowest BCUT2D eigenvalue weighted by Gasteiger charge is -2.16. The topological polar surface area (TPSA) is 75.2 Å². The van der Waals surface area contributed by atoms with Crippen molar-refractivity contribution < 1.29 is 9.59 Å². The maximum Gasteiger partial charge on any atom is 0.227 e. The van der Waals surface area contributed by atoms with Gasteiger partial charge in [0, 0.05) is 31.0 Å². The number of nitrogens with one attached hydrogen (secondary N) is 1. The molecule has 1 aliphatic rings. The molecule has 2 heterocycles. The molecule has 1 unspecified atom stereocenters. The molecule has 0 aliphatic carbocycles. The van der Waals surface area contributed by atoms with E-state index in [2.05, 4.69) is 34.6 Å². The smallest absolute Gasteiger partial charge is 0.227 e. The van der Waals surface area contributed by atoms with Gasteiger partial charge in [0.15, 0.2) is 0 Å². The van der Waals surface area contributed by atoms with Crippen molar-refractivity contribution in [3.8, 4) is 0 Å². The Labute approximate surface area is 151 Å². The van der Waals surface area contributed by atoms with Crippen LogP contribution in [0.3, 0.4) is 0 Å². The van der Waals surface area contributed by atoms with Crippen LogP contribution in [-0.2, 0) is 16.0 Å². The van der Waals surface area contributed by atoms with E-state index in [1.165, 1.54) is 16.9 Å². The predicted octanol–water partition coefficient (Wildman–Crippen LogP) is 3.36. The number of benzene rings is 1. The van der Waals surface area contributed by atoms with Crippen LogP contribution < -0.4 is 10.2 Å². The monoisotopic (exact) mass is 358 g/mol. The van der Waals surface area contributed by atoms with Crippen molar-refractivity contribution in [1.29, 1.82) is 0 Å². The van der Waals surface area contributed by atoms with Crippen LogP contribution in [0, 0.1) is 0 Å². The molecule has 2 aromatic rings. The molecule has 0 saturated carbocycles. The highest BCUT2D eigenvalue weighted by atomic mass is 32.1. The van der Waals surface area contributed by atoms with E-state index in [4.69, 9.17) is 0 Å². The van der Waals surface area contributed by atoms with Crippen molar-refractivity contribution in [3.05, 3.63) is 34.8 Å². The molecule has 1 fully saturated rings. The van der Waals surface area contributed by atoms with Gasteiger partial charge in [-0.15, -0.1) is 10.2 Å². The predicted molar refractivity (Wildman–Crippen MR) is 99.0 cm³/mol. The number of anilines is 2. The molecule has 7 heteroatoms. The van der Waals surface area contributed by atoms with E-state index in [0.717, 1.165) is 23.5 Å². The molecule has 1 aromatic heterocycles. The molecule has 1 atom stereocenters. The van der Waals surface area contributed by atoms with Crippen LogP contribution in [0.1, 0.15) is 49.6 Å². The van der Waals surface area contributed by atoms with E-state index in [-0.39, 0.29) is 17.7 Å². The van der Waals surface area contributed by atoms with Crippen molar-refractivity contribution in [2.75, 3.05) is 16.8 Å². The number of rotatable bonds is 6. The van der Waals surface area contributed by atoms with Crippen LogP contribution in [0.15, 0.2) is 24.3 Å². The van der Waals surface area contributed by atoms with Gasteiger partial charge in [-0.05, 0) is 30.5 Å². The van der Waals surface area contributed by atoms with Crippen LogP contribution in [0.4, 0.5) is 10.8 Å². The standard InChI is InChI=1S/C18H22N4O2S/c1-3-5-15(23)19-18-21-20-17(25-18)13-10-16(24)22(11-13)14-8-6-12(4-2)7-9-14/h6-9,13H,3-5,10-11H2,1-2H3,(H,19,21,23). The van der Waals surface area contributed by atoms with Gasteiger partial charge in [-0.1, -0.05) is 37.3 Å². The Morgan fingerprint density at radius 3 is 2.72 bits per heavy atom. The van der Waals surface area contributed by atoms with E-state index in [0.29, 0.717) is 24.5 Å². The summed E-state index contributed by atoms with van der Waals surface area (Å²) in [6.45, 7) is 4.66. The lowest BCUT2D eigenvalue weighted by Crippen LogP contribution is -2.24. The SMILES string of the molecule is CCCC(=O)Nc1nnc(C2CC(=O)N(c3ccc(CC)cc3)C2)s1. The number of nitrogens with zero attached hydrogens (tertiary/aromatic N) is 3. The average molecular weight is 358 g/mol. The zero-order chi connectivity index (χ0) is 17.8. The number of carbonyl (C=O) groups excluding carboxylic acids is 2. The fourth-order valence-electron chi connectivity index (χ4n) is 2.89. The summed E-state index contributed by atoms with van der Waals surface area (Å²) in [5, 5.41) is 12.3. The zero-order valence-corrected chi connectivity index (χ0v) is 15.3. The lowest BCUT2D eigenvalue weighted by molar-refractivity contribution is -0.117. The minimum atomic E-state index is -0.0506. The molecule has 0 bridgehead atoms. The Morgan fingerprint density at radius 2 is 2.04 bits per heavy atom. The zero-order valence-electron chi connectivity index (χ0n) is 14.5. The molecule has 6 nitrogen and oxygen atoms in total. The third-order valence-electron chi connectivity index (χ3n) is 4.29. The van der Waals surface area contributed by atoms with Gasteiger partial charge in [-0.25, -0.2) is 0 Å². The summed E-state index contributed by atoms with van der Waals surface area (Å²) in [5.41, 5.74) is 2.18. The normalized spacial score (nSPS) is 17.1. The molecule has 1 N–H and O–H groups in total. The van der Waals surface area contributed by atoms with E-state index < -0.39 is 0 Å². The van der Waals surface area contributed by atoms with E-state index in [1.54, 1.807) is 4.90 Å². The Kier molecular flexibility index (Phi) is 5.43. The maximum atomic E-state index is 12.4. The van der Waals surface area contributed by atoms with Crippen LogP contribution in [-0.4, -0.2) is 28.6 Å². The van der Waals surface area contributed by atoms with Gasteiger partial charge in [-0.2, -0.15) is 0 Å². The summed E-state index contributed by atoms with van der Waals surface area (Å²) >= 11 is 1.36. The van der Waals surface area contributed by atoms with Crippen LogP contribution in [0.5, 0.6) is 0 Å². The minimum Gasteiger partial charge on any atom is -0.312 e. The summed E-state index contributed by atoms with van der Waals surface area (Å²) in [4.78, 5) is 25.9. The highest BCUT2D eigenvalue weighted by Crippen LogP contribution is 2.34. The fraction of sp³-hybridized carbons (Fsp3) is 0.444. The van der Waals surface area contributed by atoms with Gasteiger partial charge in [0.25, 0.3) is 0 Å². The number of hydrogen-bond acceptors (Lipinski definition) is 5. The molecule has 0 radical (unpaired) electrons. The van der Waals surface area contributed by atoms with Crippen molar-refractivity contribution in [2.24, 2.45) is 0 Å². The highest BCUT2D eigenvalue weighted by molar-refractivity contribution is 7.15. The van der Waals surface area contributed by atoms with E-state index in [9.17, 15) is 9.59 Å². The first kappa shape index (κ1) is 17.5. The Hall–Kier alpha value is -2.28. The minimum absolute atomic E-state index is 0.0210. The first-order valence-electron chi connectivity index (χ1n) is 8.63. The van der Waals surface area contributed by atoms with Crippen LogP contribution in [0.25, 0.3) is 0 Å². The molecular weight excluding hydrogens is 336 g/mol. The van der Waals surface area contributed by atoms with Crippen molar-refractivity contribution in [1.82, 2.24) is 10.2 Å². The number of hydrogen-bond donors (Lipinski definition) is 1. The average Bonchev–Trinajstić information content (AvgIpc) is 3.22. The van der Waals surface area contributed by atoms with Crippen LogP contribution in [0.2, 0.25) is 0 Å². The Balaban J connectivity index is 1.67. The van der Waals surface area contributed by atoms with Crippen LogP contribution >= 0.6 is 11.3 Å². The second-order valence-electron chi connectivity index (χ2n) is 6.17. The van der Waals surface area contributed by atoms with Gasteiger partial charge >= 0.3 is 0 Å². The lowest BCUT2D eigenvalue weighted by atomic mass is 10.1. The first-order valence-corrected chi connectivity index (χ1v) is 9.45. The quantitative estimate of drug-likeness (QED) is 0.859. The summed E-state index contributed by atoms with van der Waals surface area (Å²) in [6.07, 6.45) is 2.67. The largest absolute Gasteiger partial charge is 0.312 e. The number of amides is 2. The molecule has 3 rings (SSSR count). The van der Waals surface area contributed by atoms with Crippen molar-refractivity contribution >= 4 is 34.0 Å². The molecular formula is C18H22N4O2S. The molecule has 2 amide bonds. The van der Waals surface area contributed by atoms with E-state index in [1.807, 2.05) is 19.1 Å². The first-order chi connectivity index (χ1) is 12.1. The molecule has 132 valence electrons. The van der Waals surface area contributed by atoms with Gasteiger partial charge in [0.1, 0.15) is 5.01 Å². The molecule has 1 aromatic carbocycles. The van der Waals surface area contributed by atoms with Gasteiger partial charge in [-0.3, -0.25) is 9.59 Å². The summed E-state index contributed by atoms with van der Waals surface area (Å²) in [5.74, 6) is 0.0686. The second kappa shape index (κ2) is 7.74. The molecule has 25 heavy (non-hydrogen) atoms. The maximum absolute atomic E-state index is 12.4. The number of aromatic nitrogens is 2. The summed E-state index contributed by atoms with van der Waals surface area (Å²) in [6, 6.07) is 8.11. The van der Waals surface area contributed by atoms with Gasteiger partial charge in [0.2, 0.25) is 16.9 Å².